The number of aromatic nitrogens is 7. The molecule has 12 nitrogen and oxygen atoms in total. The second-order valence-corrected chi connectivity index (χ2v) is 9.15. The van der Waals surface area contributed by atoms with Gasteiger partial charge in [0, 0.05) is 43.9 Å². The number of rotatable bonds is 6. The van der Waals surface area contributed by atoms with E-state index < -0.39 is 11.9 Å². The van der Waals surface area contributed by atoms with Gasteiger partial charge in [-0.1, -0.05) is 0 Å². The van der Waals surface area contributed by atoms with Crippen LogP contribution in [0, 0.1) is 5.95 Å². The van der Waals surface area contributed by atoms with Crippen LogP contribution in [0.25, 0.3) is 22.8 Å². The molecule has 1 aliphatic carbocycles. The van der Waals surface area contributed by atoms with Crippen LogP contribution in [0.1, 0.15) is 42.2 Å². The van der Waals surface area contributed by atoms with E-state index in [-0.39, 0.29) is 23.2 Å². The maximum atomic E-state index is 13.8. The zero-order valence-electron chi connectivity index (χ0n) is 20.0. The van der Waals surface area contributed by atoms with Gasteiger partial charge in [0.2, 0.25) is 11.8 Å². The van der Waals surface area contributed by atoms with Crippen molar-refractivity contribution in [2.45, 2.75) is 37.8 Å². The molecule has 4 aromatic heterocycles. The molecule has 37 heavy (non-hydrogen) atoms. The monoisotopic (exact) mass is 507 g/mol. The van der Waals surface area contributed by atoms with Crippen LogP contribution < -0.4 is 5.32 Å². The third-order valence-electron chi connectivity index (χ3n) is 6.95. The highest BCUT2D eigenvalue weighted by atomic mass is 19.1. The molecule has 1 saturated heterocycles. The maximum absolute atomic E-state index is 13.8. The summed E-state index contributed by atoms with van der Waals surface area (Å²) in [4.78, 5) is 28.2. The largest absolute Gasteiger partial charge is 0.443 e. The first-order valence-electron chi connectivity index (χ1n) is 12.3. The lowest BCUT2D eigenvalue weighted by atomic mass is 9.90. The number of H-pyrrole nitrogens is 1. The molecule has 0 unspecified atom stereocenters. The van der Waals surface area contributed by atoms with E-state index in [2.05, 4.69) is 35.4 Å². The lowest BCUT2D eigenvalue weighted by Crippen LogP contribution is -2.45. The zero-order valence-corrected chi connectivity index (χ0v) is 20.0. The number of aromatic amines is 1. The molecule has 6 rings (SSSR count). The molecule has 1 saturated carbocycles. The first kappa shape index (κ1) is 23.4. The molecular weight excluding hydrogens is 481 g/mol. The van der Waals surface area contributed by atoms with Gasteiger partial charge in [0.05, 0.1) is 31.1 Å². The minimum atomic E-state index is -0.761. The predicted octanol–water partition coefficient (Wildman–Crippen LogP) is 2.93. The lowest BCUT2D eigenvalue weighted by molar-refractivity contribution is 0.00507. The molecule has 0 bridgehead atoms. The predicted molar refractivity (Wildman–Crippen MR) is 129 cm³/mol. The average molecular weight is 508 g/mol. The number of carbonyl (C=O) groups excluding carboxylic acids is 1. The number of halogens is 1. The number of ether oxygens (including phenoxy) is 1. The topological polar surface area (TPSA) is 140 Å². The third kappa shape index (κ3) is 4.87. The molecule has 2 fully saturated rings. The fourth-order valence-corrected chi connectivity index (χ4v) is 5.02. The summed E-state index contributed by atoms with van der Waals surface area (Å²) < 4.78 is 26.5. The summed E-state index contributed by atoms with van der Waals surface area (Å²) >= 11 is 0. The molecule has 2 N–H and O–H groups in total. The fraction of sp³-hybridized carbons (Fsp3) is 0.417. The van der Waals surface area contributed by atoms with Crippen LogP contribution in [-0.2, 0) is 4.74 Å². The van der Waals surface area contributed by atoms with Crippen molar-refractivity contribution in [1.29, 1.82) is 0 Å². The second-order valence-electron chi connectivity index (χ2n) is 9.15. The van der Waals surface area contributed by atoms with Gasteiger partial charge in [0.1, 0.15) is 23.2 Å². The number of nitrogens with zero attached hydrogens (tertiary/aromatic N) is 7. The lowest BCUT2D eigenvalue weighted by Gasteiger charge is -2.38. The van der Waals surface area contributed by atoms with Gasteiger partial charge < -0.3 is 14.5 Å². The Kier molecular flexibility index (Phi) is 6.45. The van der Waals surface area contributed by atoms with Crippen molar-refractivity contribution in [1.82, 2.24) is 39.8 Å². The van der Waals surface area contributed by atoms with Crippen molar-refractivity contribution < 1.29 is 18.3 Å². The Morgan fingerprint density at radius 3 is 2.68 bits per heavy atom. The van der Waals surface area contributed by atoms with Crippen molar-refractivity contribution in [2.24, 2.45) is 0 Å². The van der Waals surface area contributed by atoms with Crippen LogP contribution >= 0.6 is 0 Å². The summed E-state index contributed by atoms with van der Waals surface area (Å²) in [5.74, 6) is -1.32. The number of morpholine rings is 1. The van der Waals surface area contributed by atoms with Gasteiger partial charge in [-0.3, -0.25) is 29.4 Å². The van der Waals surface area contributed by atoms with Crippen molar-refractivity contribution in [3.8, 4) is 22.8 Å². The van der Waals surface area contributed by atoms with E-state index >= 15 is 0 Å². The number of hydrogen-bond donors (Lipinski definition) is 2. The Balaban J connectivity index is 1.21. The molecule has 1 amide bonds. The van der Waals surface area contributed by atoms with Gasteiger partial charge in [0.25, 0.3) is 5.91 Å². The molecule has 0 radical (unpaired) electrons. The summed E-state index contributed by atoms with van der Waals surface area (Å²) in [6.07, 6.45) is 13.2. The van der Waals surface area contributed by atoms with Gasteiger partial charge in [0.15, 0.2) is 5.69 Å². The molecule has 1 aliphatic heterocycles. The third-order valence-corrected chi connectivity index (χ3v) is 6.95. The molecule has 4 aromatic rings. The maximum Gasteiger partial charge on any atom is 0.277 e. The van der Waals surface area contributed by atoms with Crippen molar-refractivity contribution >= 4 is 11.6 Å². The molecule has 192 valence electrons. The van der Waals surface area contributed by atoms with Crippen molar-refractivity contribution in [3.05, 3.63) is 48.9 Å². The Morgan fingerprint density at radius 1 is 1.14 bits per heavy atom. The fourth-order valence-electron chi connectivity index (χ4n) is 5.02. The number of anilines is 1. The summed E-state index contributed by atoms with van der Waals surface area (Å²) in [6.45, 7) is 3.57. The number of amides is 1. The highest BCUT2D eigenvalue weighted by Gasteiger charge is 2.29. The van der Waals surface area contributed by atoms with E-state index in [1.54, 1.807) is 18.6 Å². The normalized spacial score (nSPS) is 20.7. The summed E-state index contributed by atoms with van der Waals surface area (Å²) in [5.41, 5.74) is 1.58. The van der Waals surface area contributed by atoms with Gasteiger partial charge in [-0.2, -0.15) is 9.49 Å². The Morgan fingerprint density at radius 2 is 1.95 bits per heavy atom. The number of nitrogens with one attached hydrogen (secondary N) is 2. The van der Waals surface area contributed by atoms with E-state index in [0.717, 1.165) is 52.0 Å². The van der Waals surface area contributed by atoms with E-state index in [9.17, 15) is 9.18 Å². The van der Waals surface area contributed by atoms with Crippen LogP contribution in [0.2, 0.25) is 0 Å². The quantitative estimate of drug-likeness (QED) is 0.403. The molecular formula is C24H26FN9O3. The Hall–Kier alpha value is -3.97. The number of oxazole rings is 1. The minimum absolute atomic E-state index is 0.000495. The second kappa shape index (κ2) is 10.2. The summed E-state index contributed by atoms with van der Waals surface area (Å²) in [6, 6.07) is 0.775. The SMILES string of the molecule is O=C(Nc1cn([C@H]2CC[C@H](N3CCOCC3)CC2)nc1-c1cnccn1)c1coc(-c2c[nH]nc2F)n1. The average Bonchev–Trinajstić information content (AvgIpc) is 3.70. The van der Waals surface area contributed by atoms with Gasteiger partial charge in [-0.25, -0.2) is 4.98 Å². The highest BCUT2D eigenvalue weighted by Crippen LogP contribution is 2.34. The highest BCUT2D eigenvalue weighted by molar-refractivity contribution is 6.04. The van der Waals surface area contributed by atoms with E-state index in [0.29, 0.717) is 23.1 Å². The summed E-state index contributed by atoms with van der Waals surface area (Å²) in [5, 5.41) is 13.5. The first-order valence-corrected chi connectivity index (χ1v) is 12.3. The van der Waals surface area contributed by atoms with Crippen molar-refractivity contribution in [3.63, 3.8) is 0 Å². The van der Waals surface area contributed by atoms with Crippen LogP contribution in [0.15, 0.2) is 41.7 Å². The van der Waals surface area contributed by atoms with Crippen LogP contribution in [0.4, 0.5) is 10.1 Å². The smallest absolute Gasteiger partial charge is 0.277 e. The van der Waals surface area contributed by atoms with E-state index in [1.807, 2.05) is 10.9 Å². The van der Waals surface area contributed by atoms with Gasteiger partial charge in [-0.05, 0) is 25.7 Å². The molecule has 0 aromatic carbocycles. The van der Waals surface area contributed by atoms with E-state index in [1.165, 1.54) is 12.5 Å². The van der Waals surface area contributed by atoms with Crippen LogP contribution in [0.3, 0.4) is 0 Å². The van der Waals surface area contributed by atoms with Crippen molar-refractivity contribution in [2.75, 3.05) is 31.6 Å². The zero-order chi connectivity index (χ0) is 25.2. The molecule has 0 spiro atoms. The Bertz CT molecular complexity index is 1350. The minimum Gasteiger partial charge on any atom is -0.443 e. The van der Waals surface area contributed by atoms with Crippen LogP contribution in [-0.4, -0.2) is 78.1 Å². The number of carbonyl (C=O) groups is 1. The first-order chi connectivity index (χ1) is 18.2. The molecule has 2 aliphatic rings. The summed E-state index contributed by atoms with van der Waals surface area (Å²) in [7, 11) is 0. The standard InChI is InChI=1S/C24H26FN9O3/c25-22-17(11-28-31-22)24-30-20(14-37-24)23(35)29-19-13-34(32-21(19)18-12-26-5-6-27-18)16-3-1-15(2-4-16)33-7-9-36-10-8-33/h5-6,11-16H,1-4,7-10H2,(H,28,31)(H,29,35)/t15-,16-. The van der Waals surface area contributed by atoms with Gasteiger partial charge >= 0.3 is 0 Å². The van der Waals surface area contributed by atoms with Gasteiger partial charge in [-0.15, -0.1) is 5.10 Å². The number of hydrogen-bond acceptors (Lipinski definition) is 9. The van der Waals surface area contributed by atoms with E-state index in [4.69, 9.17) is 14.3 Å². The Labute approximate surface area is 211 Å². The molecule has 0 atom stereocenters. The van der Waals surface area contributed by atoms with Crippen LogP contribution in [0.5, 0.6) is 0 Å². The molecule has 13 heteroatoms. The molecule has 5 heterocycles.